The lowest BCUT2D eigenvalue weighted by Gasteiger charge is -2.45. The lowest BCUT2D eigenvalue weighted by molar-refractivity contribution is -0.121. The number of hydrogen-bond donors (Lipinski definition) is 3. The fourth-order valence-corrected chi connectivity index (χ4v) is 4.03. The number of benzene rings is 1. The molecule has 21 heavy (non-hydrogen) atoms. The van der Waals surface area contributed by atoms with Gasteiger partial charge in [-0.05, 0) is 24.5 Å². The SMILES string of the molecule is NC(=O)CN1C[C@H](O)[C@H]2C[C@@H]1Cc1c2[nH]c2ccccc12. The van der Waals surface area contributed by atoms with Crippen LogP contribution in [0.25, 0.3) is 10.9 Å². The van der Waals surface area contributed by atoms with Crippen molar-refractivity contribution in [1.29, 1.82) is 0 Å². The smallest absolute Gasteiger partial charge is 0.231 e. The van der Waals surface area contributed by atoms with Gasteiger partial charge in [0.05, 0.1) is 12.6 Å². The molecular formula is C16H19N3O2. The maximum Gasteiger partial charge on any atom is 0.231 e. The Kier molecular flexibility index (Phi) is 2.80. The number of piperidine rings is 1. The third-order valence-electron chi connectivity index (χ3n) is 4.94. The summed E-state index contributed by atoms with van der Waals surface area (Å²) in [5, 5.41) is 11.7. The fraction of sp³-hybridized carbons (Fsp3) is 0.438. The van der Waals surface area contributed by atoms with Crippen molar-refractivity contribution in [3.05, 3.63) is 35.5 Å². The zero-order valence-corrected chi connectivity index (χ0v) is 11.7. The van der Waals surface area contributed by atoms with Crippen molar-refractivity contribution < 1.29 is 9.90 Å². The average Bonchev–Trinajstić information content (AvgIpc) is 2.82. The Labute approximate surface area is 122 Å². The Morgan fingerprint density at radius 2 is 2.24 bits per heavy atom. The number of primary amides is 1. The summed E-state index contributed by atoms with van der Waals surface area (Å²) < 4.78 is 0. The van der Waals surface area contributed by atoms with Crippen LogP contribution in [0.2, 0.25) is 0 Å². The molecule has 0 unspecified atom stereocenters. The summed E-state index contributed by atoms with van der Waals surface area (Å²) in [5.74, 6) is -0.194. The minimum Gasteiger partial charge on any atom is -0.391 e. The molecule has 2 aromatic rings. The van der Waals surface area contributed by atoms with Gasteiger partial charge < -0.3 is 15.8 Å². The van der Waals surface area contributed by atoms with E-state index >= 15 is 0 Å². The van der Waals surface area contributed by atoms with E-state index in [4.69, 9.17) is 5.73 Å². The molecule has 1 aromatic carbocycles. The first-order chi connectivity index (χ1) is 10.1. The van der Waals surface area contributed by atoms with E-state index in [1.807, 2.05) is 17.0 Å². The van der Waals surface area contributed by atoms with Gasteiger partial charge in [-0.1, -0.05) is 18.2 Å². The number of β-amino-alcohol motifs (C(OH)–C–C–N with tert-alkyl or cyclic N) is 1. The number of aromatic nitrogens is 1. The number of carbonyl (C=O) groups excluding carboxylic acids is 1. The first-order valence-electron chi connectivity index (χ1n) is 7.43. The van der Waals surface area contributed by atoms with Crippen LogP contribution in [0.4, 0.5) is 0 Å². The molecule has 1 aliphatic carbocycles. The first kappa shape index (κ1) is 12.9. The molecule has 1 amide bonds. The van der Waals surface area contributed by atoms with E-state index in [1.165, 1.54) is 16.6 Å². The summed E-state index contributed by atoms with van der Waals surface area (Å²) in [6, 6.07) is 8.55. The van der Waals surface area contributed by atoms with Gasteiger partial charge in [-0.2, -0.15) is 0 Å². The molecule has 110 valence electrons. The molecule has 4 rings (SSSR count). The largest absolute Gasteiger partial charge is 0.391 e. The van der Waals surface area contributed by atoms with Crippen LogP contribution >= 0.6 is 0 Å². The fourth-order valence-electron chi connectivity index (χ4n) is 4.03. The van der Waals surface area contributed by atoms with Crippen molar-refractivity contribution in [2.45, 2.75) is 30.9 Å². The van der Waals surface area contributed by atoms with Gasteiger partial charge in [-0.3, -0.25) is 9.69 Å². The highest BCUT2D eigenvalue weighted by Crippen LogP contribution is 2.42. The number of para-hydroxylation sites is 1. The van der Waals surface area contributed by atoms with E-state index in [0.717, 1.165) is 18.4 Å². The van der Waals surface area contributed by atoms with Gasteiger partial charge in [-0.15, -0.1) is 0 Å². The first-order valence-corrected chi connectivity index (χ1v) is 7.43. The standard InChI is InChI=1S/C16H19N3O2/c17-15(21)8-19-7-14(20)12-6-9(19)5-11-10-3-1-2-4-13(10)18-16(11)12/h1-4,9,12,14,18,20H,5-8H2,(H2,17,21)/t9-,12+,14-/m0/s1. The number of likely N-dealkylation sites (tertiary alicyclic amines) is 1. The number of hydrogen-bond acceptors (Lipinski definition) is 3. The molecule has 5 nitrogen and oxygen atoms in total. The van der Waals surface area contributed by atoms with Gasteiger partial charge in [0.2, 0.25) is 5.91 Å². The number of amides is 1. The summed E-state index contributed by atoms with van der Waals surface area (Å²) in [6.07, 6.45) is 1.34. The topological polar surface area (TPSA) is 82.3 Å². The second kappa shape index (κ2) is 4.58. The Morgan fingerprint density at radius 1 is 1.43 bits per heavy atom. The number of aliphatic hydroxyl groups is 1. The predicted molar refractivity (Wildman–Crippen MR) is 79.9 cm³/mol. The normalized spacial score (nSPS) is 28.5. The van der Waals surface area contributed by atoms with Crippen molar-refractivity contribution >= 4 is 16.8 Å². The average molecular weight is 285 g/mol. The van der Waals surface area contributed by atoms with Gasteiger partial charge >= 0.3 is 0 Å². The van der Waals surface area contributed by atoms with Crippen molar-refractivity contribution in [2.75, 3.05) is 13.1 Å². The lowest BCUT2D eigenvalue weighted by atomic mass is 9.76. The molecule has 4 N–H and O–H groups in total. The highest BCUT2D eigenvalue weighted by atomic mass is 16.3. The molecule has 2 bridgehead atoms. The molecular weight excluding hydrogens is 266 g/mol. The minimum atomic E-state index is -0.451. The summed E-state index contributed by atoms with van der Waals surface area (Å²) >= 11 is 0. The Hall–Kier alpha value is -1.85. The molecule has 2 heterocycles. The van der Waals surface area contributed by atoms with Crippen molar-refractivity contribution in [2.24, 2.45) is 5.73 Å². The van der Waals surface area contributed by atoms with E-state index in [-0.39, 0.29) is 24.4 Å². The van der Waals surface area contributed by atoms with Crippen molar-refractivity contribution in [3.8, 4) is 0 Å². The minimum absolute atomic E-state index is 0.135. The highest BCUT2D eigenvalue weighted by molar-refractivity contribution is 5.85. The van der Waals surface area contributed by atoms with Gasteiger partial charge in [0.1, 0.15) is 0 Å². The molecule has 1 fully saturated rings. The number of nitrogens with zero attached hydrogens (tertiary/aromatic N) is 1. The third-order valence-corrected chi connectivity index (χ3v) is 4.94. The van der Waals surface area contributed by atoms with Gasteiger partial charge in [0.25, 0.3) is 0 Å². The number of H-pyrrole nitrogens is 1. The van der Waals surface area contributed by atoms with Crippen LogP contribution < -0.4 is 5.73 Å². The monoisotopic (exact) mass is 285 g/mol. The molecule has 0 saturated carbocycles. The van der Waals surface area contributed by atoms with Gasteiger partial charge in [0.15, 0.2) is 0 Å². The number of rotatable bonds is 2. The van der Waals surface area contributed by atoms with E-state index in [1.54, 1.807) is 0 Å². The van der Waals surface area contributed by atoms with Crippen LogP contribution in [0.3, 0.4) is 0 Å². The van der Waals surface area contributed by atoms with Crippen LogP contribution in [0.15, 0.2) is 24.3 Å². The number of fused-ring (bicyclic) bond motifs is 6. The number of nitrogens with one attached hydrogen (secondary N) is 1. The van der Waals surface area contributed by atoms with Crippen LogP contribution in [-0.2, 0) is 11.2 Å². The van der Waals surface area contributed by atoms with Gasteiger partial charge in [-0.25, -0.2) is 0 Å². The predicted octanol–water partition coefficient (Wildman–Crippen LogP) is 0.728. The Morgan fingerprint density at radius 3 is 3.05 bits per heavy atom. The van der Waals surface area contributed by atoms with E-state index < -0.39 is 6.10 Å². The zero-order chi connectivity index (χ0) is 14.6. The molecule has 0 radical (unpaired) electrons. The van der Waals surface area contributed by atoms with E-state index in [2.05, 4.69) is 17.1 Å². The molecule has 3 atom stereocenters. The Bertz CT molecular complexity index is 709. The van der Waals surface area contributed by atoms with Gasteiger partial charge in [0, 0.05) is 35.1 Å². The quantitative estimate of drug-likeness (QED) is 0.760. The number of nitrogens with two attached hydrogens (primary N) is 1. The molecule has 2 aliphatic rings. The number of aromatic amines is 1. The number of aliphatic hydroxyl groups excluding tert-OH is 1. The van der Waals surface area contributed by atoms with Crippen LogP contribution in [0.5, 0.6) is 0 Å². The third kappa shape index (κ3) is 1.96. The van der Waals surface area contributed by atoms with Crippen LogP contribution in [0, 0.1) is 0 Å². The van der Waals surface area contributed by atoms with E-state index in [9.17, 15) is 9.90 Å². The van der Waals surface area contributed by atoms with Crippen LogP contribution in [-0.4, -0.2) is 46.1 Å². The maximum absolute atomic E-state index is 11.2. The van der Waals surface area contributed by atoms with Crippen LogP contribution in [0.1, 0.15) is 23.6 Å². The van der Waals surface area contributed by atoms with E-state index in [0.29, 0.717) is 6.54 Å². The maximum atomic E-state index is 11.2. The molecule has 1 aliphatic heterocycles. The van der Waals surface area contributed by atoms with Crippen molar-refractivity contribution in [3.63, 3.8) is 0 Å². The summed E-state index contributed by atoms with van der Waals surface area (Å²) in [7, 11) is 0. The number of carbonyl (C=O) groups is 1. The summed E-state index contributed by atoms with van der Waals surface area (Å²) in [5.41, 5.74) is 8.93. The molecule has 5 heteroatoms. The van der Waals surface area contributed by atoms with Crippen molar-refractivity contribution in [1.82, 2.24) is 9.88 Å². The summed E-state index contributed by atoms with van der Waals surface area (Å²) in [4.78, 5) is 16.8. The molecule has 1 aromatic heterocycles. The molecule has 1 saturated heterocycles. The zero-order valence-electron chi connectivity index (χ0n) is 11.7. The second-order valence-corrected chi connectivity index (χ2v) is 6.23. The lowest BCUT2D eigenvalue weighted by Crippen LogP contribution is -2.54. The highest BCUT2D eigenvalue weighted by Gasteiger charge is 2.41. The molecule has 0 spiro atoms. The second-order valence-electron chi connectivity index (χ2n) is 6.23. The Balaban J connectivity index is 1.78. The summed E-state index contributed by atoms with van der Waals surface area (Å²) in [6.45, 7) is 0.749.